The second-order valence-corrected chi connectivity index (χ2v) is 13.3. The van der Waals surface area contributed by atoms with Gasteiger partial charge in [0.05, 0.1) is 43.8 Å². The second-order valence-electron chi connectivity index (χ2n) is 12.5. The van der Waals surface area contributed by atoms with Gasteiger partial charge in [0.1, 0.15) is 0 Å². The van der Waals surface area contributed by atoms with Crippen molar-refractivity contribution in [2.75, 3.05) is 43.6 Å². The van der Waals surface area contributed by atoms with Crippen molar-refractivity contribution < 1.29 is 23.8 Å². The second kappa shape index (κ2) is 14.4. The Morgan fingerprint density at radius 3 is 2.47 bits per heavy atom. The fourth-order valence-electron chi connectivity index (χ4n) is 6.84. The summed E-state index contributed by atoms with van der Waals surface area (Å²) >= 11 is 3.47. The van der Waals surface area contributed by atoms with Crippen LogP contribution >= 0.6 is 15.9 Å². The van der Waals surface area contributed by atoms with Crippen LogP contribution in [0.4, 0.5) is 10.5 Å². The molecule has 3 heterocycles. The average Bonchev–Trinajstić information content (AvgIpc) is 3.86. The number of rotatable bonds is 11. The number of halogens is 1. The number of likely N-dealkylation sites (tertiary alicyclic amines) is 1. The number of unbranched alkanes of at least 4 members (excludes halogenated alkanes) is 2. The number of methoxy groups -OCH3 is 1. The summed E-state index contributed by atoms with van der Waals surface area (Å²) in [5.74, 6) is 1.40. The first-order valence-corrected chi connectivity index (χ1v) is 17.5. The molecule has 6 rings (SSSR count). The van der Waals surface area contributed by atoms with Crippen molar-refractivity contribution in [2.45, 2.75) is 76.3 Å². The molecule has 1 saturated carbocycles. The van der Waals surface area contributed by atoms with E-state index in [1.54, 1.807) is 42.0 Å². The predicted octanol–water partition coefficient (Wildman–Crippen LogP) is 7.73. The van der Waals surface area contributed by atoms with E-state index in [0.717, 1.165) is 41.8 Å². The number of amides is 2. The lowest BCUT2D eigenvalue weighted by molar-refractivity contribution is 0.0794. The molecule has 2 aromatic carbocycles. The summed E-state index contributed by atoms with van der Waals surface area (Å²) in [6, 6.07) is 13.0. The number of carbonyl (C=O) groups excluding carboxylic acids is 2. The van der Waals surface area contributed by atoms with Gasteiger partial charge in [0.2, 0.25) is 0 Å². The molecular weight excluding hydrogens is 634 g/mol. The molecule has 4 aliphatic rings. The molecule has 0 spiro atoms. The molecule has 2 fully saturated rings. The van der Waals surface area contributed by atoms with E-state index in [9.17, 15) is 9.59 Å². The Labute approximate surface area is 275 Å². The fraction of sp³-hybridized carbons (Fsp3) is 0.500. The summed E-state index contributed by atoms with van der Waals surface area (Å²) in [7, 11) is 1.56. The van der Waals surface area contributed by atoms with Gasteiger partial charge in [-0.25, -0.2) is 4.79 Å². The Bertz CT molecular complexity index is 1430. The first-order chi connectivity index (χ1) is 22.0. The number of benzene rings is 2. The number of anilines is 1. The maximum Gasteiger partial charge on any atom is 0.419 e. The van der Waals surface area contributed by atoms with E-state index in [4.69, 9.17) is 14.2 Å². The van der Waals surface area contributed by atoms with Crippen molar-refractivity contribution in [3.05, 3.63) is 71.6 Å². The normalized spacial score (nSPS) is 20.6. The van der Waals surface area contributed by atoms with Gasteiger partial charge in [0, 0.05) is 23.6 Å². The van der Waals surface area contributed by atoms with Crippen LogP contribution in [0.3, 0.4) is 0 Å². The lowest BCUT2D eigenvalue weighted by Crippen LogP contribution is -2.41. The number of hydrogen-bond donors (Lipinski definition) is 0. The zero-order valence-corrected chi connectivity index (χ0v) is 28.0. The SMILES string of the molecule is CC=COC(=O)N1C[C@@H]2CC(c3ccc(C4CCN(C5CC5)CC4)cc3)=CN2C(=O)c2cc(OC)c(OCCCCCBr)cc21. The minimum atomic E-state index is -0.539. The van der Waals surface area contributed by atoms with Gasteiger partial charge in [-0.05, 0) is 100 Å². The summed E-state index contributed by atoms with van der Waals surface area (Å²) in [6.07, 6.45) is 13.3. The smallest absolute Gasteiger partial charge is 0.419 e. The minimum absolute atomic E-state index is 0.174. The molecule has 0 bridgehead atoms. The van der Waals surface area contributed by atoms with Gasteiger partial charge in [-0.1, -0.05) is 46.3 Å². The van der Waals surface area contributed by atoms with Gasteiger partial charge in [-0.15, -0.1) is 0 Å². The van der Waals surface area contributed by atoms with E-state index in [1.807, 2.05) is 6.20 Å². The number of hydrogen-bond acceptors (Lipinski definition) is 6. The number of allylic oxidation sites excluding steroid dienone is 1. The molecule has 0 radical (unpaired) electrons. The molecule has 9 heteroatoms. The predicted molar refractivity (Wildman–Crippen MR) is 180 cm³/mol. The van der Waals surface area contributed by atoms with Gasteiger partial charge in [-0.2, -0.15) is 0 Å². The lowest BCUT2D eigenvalue weighted by Gasteiger charge is -2.32. The third-order valence-electron chi connectivity index (χ3n) is 9.48. The van der Waals surface area contributed by atoms with Crippen LogP contribution in [-0.4, -0.2) is 72.6 Å². The summed E-state index contributed by atoms with van der Waals surface area (Å²) < 4.78 is 17.2. The van der Waals surface area contributed by atoms with Gasteiger partial charge in [-0.3, -0.25) is 9.69 Å². The highest BCUT2D eigenvalue weighted by atomic mass is 79.9. The first-order valence-electron chi connectivity index (χ1n) is 16.4. The minimum Gasteiger partial charge on any atom is -0.493 e. The monoisotopic (exact) mass is 677 g/mol. The number of piperidine rings is 1. The van der Waals surface area contributed by atoms with Crippen molar-refractivity contribution in [1.82, 2.24) is 9.80 Å². The largest absolute Gasteiger partial charge is 0.493 e. The Kier molecular flexibility index (Phi) is 10.1. The van der Waals surface area contributed by atoms with Gasteiger partial charge in [0.25, 0.3) is 5.91 Å². The van der Waals surface area contributed by atoms with E-state index >= 15 is 0 Å². The van der Waals surface area contributed by atoms with Crippen molar-refractivity contribution in [2.24, 2.45) is 0 Å². The van der Waals surface area contributed by atoms with Crippen LogP contribution in [0, 0.1) is 0 Å². The molecule has 1 saturated heterocycles. The Morgan fingerprint density at radius 1 is 1.00 bits per heavy atom. The van der Waals surface area contributed by atoms with Crippen LogP contribution < -0.4 is 14.4 Å². The molecule has 1 aliphatic carbocycles. The van der Waals surface area contributed by atoms with E-state index in [-0.39, 0.29) is 11.9 Å². The van der Waals surface area contributed by atoms with Gasteiger partial charge < -0.3 is 24.0 Å². The third-order valence-corrected chi connectivity index (χ3v) is 10.0. The van der Waals surface area contributed by atoms with E-state index in [2.05, 4.69) is 45.1 Å². The molecule has 0 aromatic heterocycles. The Morgan fingerprint density at radius 2 is 1.78 bits per heavy atom. The third kappa shape index (κ3) is 7.09. The molecular formula is C36H44BrN3O5. The van der Waals surface area contributed by atoms with E-state index in [0.29, 0.717) is 48.2 Å². The zero-order chi connectivity index (χ0) is 31.3. The summed E-state index contributed by atoms with van der Waals surface area (Å²) in [5, 5.41) is 0.958. The van der Waals surface area contributed by atoms with Crippen LogP contribution in [0.25, 0.3) is 5.57 Å². The van der Waals surface area contributed by atoms with Crippen LogP contribution in [0.5, 0.6) is 11.5 Å². The van der Waals surface area contributed by atoms with Crippen molar-refractivity contribution >= 4 is 39.2 Å². The highest BCUT2D eigenvalue weighted by Crippen LogP contribution is 2.42. The van der Waals surface area contributed by atoms with Crippen molar-refractivity contribution in [1.29, 1.82) is 0 Å². The number of carbonyl (C=O) groups is 2. The molecule has 2 amide bonds. The van der Waals surface area contributed by atoms with E-state index in [1.165, 1.54) is 50.6 Å². The first kappa shape index (κ1) is 31.7. The molecule has 8 nitrogen and oxygen atoms in total. The fourth-order valence-corrected chi connectivity index (χ4v) is 7.23. The molecule has 0 N–H and O–H groups in total. The number of alkyl halides is 1. The summed E-state index contributed by atoms with van der Waals surface area (Å²) in [5.41, 5.74) is 4.44. The topological polar surface area (TPSA) is 71.6 Å². The maximum absolute atomic E-state index is 14.1. The van der Waals surface area contributed by atoms with Gasteiger partial charge in [0.15, 0.2) is 11.5 Å². The molecule has 45 heavy (non-hydrogen) atoms. The summed E-state index contributed by atoms with van der Waals surface area (Å²) in [4.78, 5) is 33.5. The number of nitrogens with zero attached hydrogens (tertiary/aromatic N) is 3. The zero-order valence-electron chi connectivity index (χ0n) is 26.4. The van der Waals surface area contributed by atoms with Crippen LogP contribution in [0.2, 0.25) is 0 Å². The maximum atomic E-state index is 14.1. The number of ether oxygens (including phenoxy) is 3. The highest BCUT2D eigenvalue weighted by Gasteiger charge is 2.40. The average molecular weight is 679 g/mol. The standard InChI is InChI=1S/C36H44BrN3O5/c1-3-18-45-36(42)40-24-30-20-28(26-9-7-25(8-10-26)27-13-16-38(17-14-27)29-11-12-29)23-39(30)35(41)31-21-33(43-2)34(22-32(31)40)44-19-6-4-5-15-37/h3,7-10,18,21-23,27,29-30H,4-6,11-17,19-20,24H2,1-2H3/t30-/m0/s1. The van der Waals surface area contributed by atoms with Crippen LogP contribution in [-0.2, 0) is 4.74 Å². The van der Waals surface area contributed by atoms with Crippen LogP contribution in [0.15, 0.2) is 54.9 Å². The molecule has 2 aromatic rings. The van der Waals surface area contributed by atoms with Crippen molar-refractivity contribution in [3.8, 4) is 11.5 Å². The Balaban J connectivity index is 1.23. The quantitative estimate of drug-likeness (QED) is 0.138. The molecule has 0 unspecified atom stereocenters. The number of fused-ring (bicyclic) bond motifs is 2. The molecule has 240 valence electrons. The molecule has 3 aliphatic heterocycles. The molecule has 1 atom stereocenters. The Hall–Kier alpha value is -3.30. The lowest BCUT2D eigenvalue weighted by atomic mass is 9.88. The summed E-state index contributed by atoms with van der Waals surface area (Å²) in [6.45, 7) is 5.00. The highest BCUT2D eigenvalue weighted by molar-refractivity contribution is 9.09. The van der Waals surface area contributed by atoms with E-state index < -0.39 is 6.09 Å². The van der Waals surface area contributed by atoms with Crippen molar-refractivity contribution in [3.63, 3.8) is 0 Å². The van der Waals surface area contributed by atoms with Crippen LogP contribution in [0.1, 0.15) is 85.7 Å². The van der Waals surface area contributed by atoms with Gasteiger partial charge >= 0.3 is 6.09 Å².